The van der Waals surface area contributed by atoms with Crippen molar-refractivity contribution in [3.05, 3.63) is 23.8 Å². The fourth-order valence-corrected chi connectivity index (χ4v) is 1.71. The van der Waals surface area contributed by atoms with Crippen molar-refractivity contribution < 1.29 is 14.3 Å². The number of amides is 1. The van der Waals surface area contributed by atoms with Crippen molar-refractivity contribution in [2.24, 2.45) is 5.73 Å². The fourth-order valence-electron chi connectivity index (χ4n) is 1.71. The van der Waals surface area contributed by atoms with Gasteiger partial charge in [0.15, 0.2) is 17.6 Å². The number of nitrogens with one attached hydrogen (secondary N) is 1. The fraction of sp³-hybridized carbons (Fsp3) is 0.500. The summed E-state index contributed by atoms with van der Waals surface area (Å²) in [6.07, 6.45) is -0.117. The molecule has 3 N–H and O–H groups in total. The lowest BCUT2D eigenvalue weighted by Gasteiger charge is -2.18. The van der Waals surface area contributed by atoms with E-state index in [1.54, 1.807) is 13.2 Å². The Bertz CT molecular complexity index is 435. The number of hydrogen-bond acceptors (Lipinski definition) is 4. The summed E-state index contributed by atoms with van der Waals surface area (Å²) >= 11 is 0. The number of methoxy groups -OCH3 is 1. The number of ether oxygens (including phenoxy) is 2. The second-order valence-corrected chi connectivity index (χ2v) is 4.34. The molecule has 0 radical (unpaired) electrons. The normalized spacial score (nSPS) is 13.7. The van der Waals surface area contributed by atoms with Crippen molar-refractivity contribution in [1.29, 1.82) is 0 Å². The zero-order chi connectivity index (χ0) is 14.4. The standard InChI is InChI=1S/C14H22N2O3/c1-5-11(14(15)17)19-12-7-6-10(9(2)16-3)8-13(12)18-4/h6-9,11,16H,5H2,1-4H3,(H2,15,17). The van der Waals surface area contributed by atoms with E-state index in [0.717, 1.165) is 5.56 Å². The highest BCUT2D eigenvalue weighted by Crippen LogP contribution is 2.31. The second kappa shape index (κ2) is 6.99. The molecule has 2 unspecified atom stereocenters. The molecule has 1 rings (SSSR count). The Balaban J connectivity index is 2.98. The van der Waals surface area contributed by atoms with Crippen LogP contribution in [0.25, 0.3) is 0 Å². The highest BCUT2D eigenvalue weighted by molar-refractivity contribution is 5.79. The summed E-state index contributed by atoms with van der Waals surface area (Å²) in [4.78, 5) is 11.2. The third kappa shape index (κ3) is 3.86. The first-order valence-corrected chi connectivity index (χ1v) is 6.34. The molecule has 2 atom stereocenters. The summed E-state index contributed by atoms with van der Waals surface area (Å²) in [6, 6.07) is 5.84. The van der Waals surface area contributed by atoms with E-state index < -0.39 is 12.0 Å². The van der Waals surface area contributed by atoms with E-state index >= 15 is 0 Å². The quantitative estimate of drug-likeness (QED) is 0.786. The number of primary amides is 1. The molecule has 19 heavy (non-hydrogen) atoms. The third-order valence-corrected chi connectivity index (χ3v) is 3.08. The van der Waals surface area contributed by atoms with Crippen LogP contribution < -0.4 is 20.5 Å². The van der Waals surface area contributed by atoms with Crippen molar-refractivity contribution >= 4 is 5.91 Å². The molecule has 0 saturated heterocycles. The van der Waals surface area contributed by atoms with Crippen LogP contribution in [-0.2, 0) is 4.79 Å². The average molecular weight is 266 g/mol. The molecule has 0 spiro atoms. The van der Waals surface area contributed by atoms with Crippen LogP contribution in [0, 0.1) is 0 Å². The average Bonchev–Trinajstić information content (AvgIpc) is 2.43. The predicted octanol–water partition coefficient (Wildman–Crippen LogP) is 1.62. The van der Waals surface area contributed by atoms with Crippen LogP contribution in [0.5, 0.6) is 11.5 Å². The van der Waals surface area contributed by atoms with E-state index in [-0.39, 0.29) is 6.04 Å². The molecule has 1 aromatic rings. The molecule has 1 aromatic carbocycles. The second-order valence-electron chi connectivity index (χ2n) is 4.34. The Morgan fingerprint density at radius 2 is 2.11 bits per heavy atom. The molecule has 0 bridgehead atoms. The van der Waals surface area contributed by atoms with E-state index in [9.17, 15) is 4.79 Å². The van der Waals surface area contributed by atoms with Gasteiger partial charge in [0.25, 0.3) is 5.91 Å². The molecule has 106 valence electrons. The number of rotatable bonds is 7. The summed E-state index contributed by atoms with van der Waals surface area (Å²) in [5.74, 6) is 0.650. The van der Waals surface area contributed by atoms with Crippen molar-refractivity contribution in [2.75, 3.05) is 14.2 Å². The molecule has 1 amide bonds. The summed E-state index contributed by atoms with van der Waals surface area (Å²) in [6.45, 7) is 3.90. The number of benzene rings is 1. The van der Waals surface area contributed by atoms with Gasteiger partial charge in [0.1, 0.15) is 0 Å². The Morgan fingerprint density at radius 1 is 1.42 bits per heavy atom. The Morgan fingerprint density at radius 3 is 2.58 bits per heavy atom. The minimum Gasteiger partial charge on any atom is -0.493 e. The van der Waals surface area contributed by atoms with Crippen LogP contribution in [0.1, 0.15) is 31.9 Å². The highest BCUT2D eigenvalue weighted by Gasteiger charge is 2.17. The Kier molecular flexibility index (Phi) is 5.63. The van der Waals surface area contributed by atoms with Gasteiger partial charge in [-0.1, -0.05) is 13.0 Å². The van der Waals surface area contributed by atoms with Gasteiger partial charge in [-0.25, -0.2) is 0 Å². The Labute approximate surface area is 114 Å². The lowest BCUT2D eigenvalue weighted by Crippen LogP contribution is -2.33. The molecule has 0 saturated carbocycles. The van der Waals surface area contributed by atoms with Crippen LogP contribution in [0.2, 0.25) is 0 Å². The Hall–Kier alpha value is -1.75. The highest BCUT2D eigenvalue weighted by atomic mass is 16.5. The summed E-state index contributed by atoms with van der Waals surface area (Å²) in [7, 11) is 3.46. The van der Waals surface area contributed by atoms with Crippen molar-refractivity contribution in [3.63, 3.8) is 0 Å². The largest absolute Gasteiger partial charge is 0.493 e. The minimum absolute atomic E-state index is 0.209. The lowest BCUT2D eigenvalue weighted by atomic mass is 10.1. The van der Waals surface area contributed by atoms with Gasteiger partial charge in [0.05, 0.1) is 7.11 Å². The van der Waals surface area contributed by atoms with Crippen LogP contribution >= 0.6 is 0 Å². The lowest BCUT2D eigenvalue weighted by molar-refractivity contribution is -0.124. The van der Waals surface area contributed by atoms with Crippen LogP contribution in [0.4, 0.5) is 0 Å². The van der Waals surface area contributed by atoms with Gasteiger partial charge in [0, 0.05) is 6.04 Å². The van der Waals surface area contributed by atoms with E-state index in [0.29, 0.717) is 17.9 Å². The van der Waals surface area contributed by atoms with Gasteiger partial charge in [0.2, 0.25) is 0 Å². The zero-order valence-corrected chi connectivity index (χ0v) is 11.9. The predicted molar refractivity (Wildman–Crippen MR) is 74.4 cm³/mol. The smallest absolute Gasteiger partial charge is 0.258 e. The number of carbonyl (C=O) groups is 1. The molecular formula is C14H22N2O3. The van der Waals surface area contributed by atoms with Crippen LogP contribution in [-0.4, -0.2) is 26.2 Å². The first kappa shape index (κ1) is 15.3. The molecule has 5 nitrogen and oxygen atoms in total. The van der Waals surface area contributed by atoms with E-state index in [1.165, 1.54) is 0 Å². The van der Waals surface area contributed by atoms with E-state index in [1.807, 2.05) is 33.0 Å². The van der Waals surface area contributed by atoms with Gasteiger partial charge in [-0.2, -0.15) is 0 Å². The van der Waals surface area contributed by atoms with Gasteiger partial charge in [-0.3, -0.25) is 4.79 Å². The maximum atomic E-state index is 11.2. The zero-order valence-electron chi connectivity index (χ0n) is 11.9. The first-order chi connectivity index (χ1) is 9.03. The summed E-state index contributed by atoms with van der Waals surface area (Å²) in [5.41, 5.74) is 6.35. The molecule has 5 heteroatoms. The van der Waals surface area contributed by atoms with Crippen molar-refractivity contribution in [1.82, 2.24) is 5.32 Å². The third-order valence-electron chi connectivity index (χ3n) is 3.08. The maximum Gasteiger partial charge on any atom is 0.258 e. The number of carbonyl (C=O) groups excluding carboxylic acids is 1. The van der Waals surface area contributed by atoms with Crippen molar-refractivity contribution in [2.45, 2.75) is 32.4 Å². The maximum absolute atomic E-state index is 11.2. The van der Waals surface area contributed by atoms with Gasteiger partial charge in [-0.05, 0) is 38.1 Å². The number of hydrogen-bond donors (Lipinski definition) is 2. The van der Waals surface area contributed by atoms with Crippen LogP contribution in [0.3, 0.4) is 0 Å². The van der Waals surface area contributed by atoms with Gasteiger partial charge >= 0.3 is 0 Å². The molecule has 0 aliphatic rings. The summed E-state index contributed by atoms with van der Waals surface area (Å²) < 4.78 is 10.9. The topological polar surface area (TPSA) is 73.6 Å². The molecule has 0 aliphatic heterocycles. The molecular weight excluding hydrogens is 244 g/mol. The molecule has 0 aliphatic carbocycles. The van der Waals surface area contributed by atoms with E-state index in [2.05, 4.69) is 5.32 Å². The van der Waals surface area contributed by atoms with Gasteiger partial charge < -0.3 is 20.5 Å². The SMILES string of the molecule is CCC(Oc1ccc(C(C)NC)cc1OC)C(N)=O. The molecule has 0 fully saturated rings. The van der Waals surface area contributed by atoms with Gasteiger partial charge in [-0.15, -0.1) is 0 Å². The van der Waals surface area contributed by atoms with E-state index in [4.69, 9.17) is 15.2 Å². The molecule has 0 aromatic heterocycles. The van der Waals surface area contributed by atoms with Crippen LogP contribution in [0.15, 0.2) is 18.2 Å². The first-order valence-electron chi connectivity index (χ1n) is 6.34. The van der Waals surface area contributed by atoms with Crippen molar-refractivity contribution in [3.8, 4) is 11.5 Å². The number of nitrogens with two attached hydrogens (primary N) is 1. The molecule has 0 heterocycles. The monoisotopic (exact) mass is 266 g/mol. The summed E-state index contributed by atoms with van der Waals surface area (Å²) in [5, 5.41) is 3.15. The minimum atomic E-state index is -0.638.